The van der Waals surface area contributed by atoms with Crippen LogP contribution in [0.15, 0.2) is 0 Å². The first-order valence-corrected chi connectivity index (χ1v) is 7.05. The molecule has 19 heavy (non-hydrogen) atoms. The molecule has 4 atom stereocenters. The van der Waals surface area contributed by atoms with Crippen molar-refractivity contribution in [3.63, 3.8) is 0 Å². The van der Waals surface area contributed by atoms with Crippen LogP contribution in [0.5, 0.6) is 0 Å². The van der Waals surface area contributed by atoms with Crippen LogP contribution in [0.25, 0.3) is 0 Å². The predicted octanol–water partition coefficient (Wildman–Crippen LogP) is 1.66. The number of carboxylic acid groups (broad SMARTS) is 1. The lowest BCUT2D eigenvalue weighted by Gasteiger charge is -2.30. The number of aliphatic carboxylic acids is 1. The van der Waals surface area contributed by atoms with Crippen molar-refractivity contribution in [2.45, 2.75) is 52.0 Å². The third-order valence-corrected chi connectivity index (χ3v) is 4.63. The summed E-state index contributed by atoms with van der Waals surface area (Å²) in [5.74, 6) is -2.55. The van der Waals surface area contributed by atoms with E-state index >= 15 is 0 Å². The van der Waals surface area contributed by atoms with Gasteiger partial charge in [-0.1, -0.05) is 33.1 Å². The van der Waals surface area contributed by atoms with Crippen LogP contribution in [-0.4, -0.2) is 33.8 Å². The number of rotatable bonds is 2. The number of hydrogen-bond donors (Lipinski definition) is 1. The zero-order chi connectivity index (χ0) is 14.2. The quantitative estimate of drug-likeness (QED) is 0.610. The molecule has 0 spiro atoms. The molecule has 5 heteroatoms. The van der Waals surface area contributed by atoms with E-state index in [1.807, 2.05) is 0 Å². The van der Waals surface area contributed by atoms with Crippen LogP contribution in [0.4, 0.5) is 0 Å². The van der Waals surface area contributed by atoms with Crippen molar-refractivity contribution in [1.82, 2.24) is 4.90 Å². The SMILES string of the molecule is CC1C(=O)N(C2CCCCCC2C(=O)O)C(=O)C1C. The molecular weight excluding hydrogens is 246 g/mol. The van der Waals surface area contributed by atoms with Gasteiger partial charge in [-0.05, 0) is 12.8 Å². The minimum Gasteiger partial charge on any atom is -0.481 e. The minimum atomic E-state index is -0.889. The topological polar surface area (TPSA) is 74.7 Å². The van der Waals surface area contributed by atoms with Crippen LogP contribution in [0.1, 0.15) is 46.0 Å². The summed E-state index contributed by atoms with van der Waals surface area (Å²) < 4.78 is 0. The molecule has 0 aromatic carbocycles. The Kier molecular flexibility index (Phi) is 3.92. The monoisotopic (exact) mass is 267 g/mol. The third-order valence-electron chi connectivity index (χ3n) is 4.63. The van der Waals surface area contributed by atoms with Crippen molar-refractivity contribution < 1.29 is 19.5 Å². The Morgan fingerprint density at radius 2 is 1.58 bits per heavy atom. The summed E-state index contributed by atoms with van der Waals surface area (Å²) in [4.78, 5) is 37.1. The molecule has 2 amide bonds. The molecule has 1 saturated carbocycles. The van der Waals surface area contributed by atoms with Gasteiger partial charge in [-0.15, -0.1) is 0 Å². The average Bonchev–Trinajstić information content (AvgIpc) is 2.57. The maximum Gasteiger partial charge on any atom is 0.308 e. The first kappa shape index (κ1) is 14.0. The van der Waals surface area contributed by atoms with Gasteiger partial charge in [0.25, 0.3) is 0 Å². The van der Waals surface area contributed by atoms with Crippen molar-refractivity contribution in [3.05, 3.63) is 0 Å². The largest absolute Gasteiger partial charge is 0.481 e. The van der Waals surface area contributed by atoms with Gasteiger partial charge in [-0.3, -0.25) is 19.3 Å². The second kappa shape index (κ2) is 5.31. The summed E-state index contributed by atoms with van der Waals surface area (Å²) in [7, 11) is 0. The fraction of sp³-hybridized carbons (Fsp3) is 0.786. The van der Waals surface area contributed by atoms with Gasteiger partial charge in [-0.2, -0.15) is 0 Å². The van der Waals surface area contributed by atoms with Crippen molar-refractivity contribution in [3.8, 4) is 0 Å². The lowest BCUT2D eigenvalue weighted by molar-refractivity contribution is -0.150. The molecule has 1 N–H and O–H groups in total. The second-order valence-electron chi connectivity index (χ2n) is 5.77. The zero-order valence-corrected chi connectivity index (χ0v) is 11.5. The zero-order valence-electron chi connectivity index (χ0n) is 11.5. The Bertz CT molecular complexity index is 386. The van der Waals surface area contributed by atoms with E-state index in [-0.39, 0.29) is 23.7 Å². The predicted molar refractivity (Wildman–Crippen MR) is 68.2 cm³/mol. The van der Waals surface area contributed by atoms with Crippen molar-refractivity contribution in [2.75, 3.05) is 0 Å². The number of likely N-dealkylation sites (tertiary alicyclic amines) is 1. The number of carboxylic acids is 1. The number of imide groups is 1. The summed E-state index contributed by atoms with van der Waals surface area (Å²) in [6.45, 7) is 3.49. The Labute approximate surface area is 113 Å². The van der Waals surface area contributed by atoms with E-state index in [1.54, 1.807) is 13.8 Å². The van der Waals surface area contributed by atoms with E-state index in [0.717, 1.165) is 19.3 Å². The fourth-order valence-corrected chi connectivity index (χ4v) is 3.19. The lowest BCUT2D eigenvalue weighted by Crippen LogP contribution is -2.46. The Hall–Kier alpha value is -1.39. The second-order valence-corrected chi connectivity index (χ2v) is 5.77. The van der Waals surface area contributed by atoms with Gasteiger partial charge < -0.3 is 5.11 Å². The highest BCUT2D eigenvalue weighted by Crippen LogP contribution is 2.34. The molecule has 0 bridgehead atoms. The minimum absolute atomic E-state index is 0.198. The van der Waals surface area contributed by atoms with Gasteiger partial charge in [0.15, 0.2) is 0 Å². The molecule has 106 valence electrons. The number of amides is 2. The van der Waals surface area contributed by atoms with Crippen LogP contribution < -0.4 is 0 Å². The van der Waals surface area contributed by atoms with Crippen LogP contribution in [-0.2, 0) is 14.4 Å². The molecule has 1 aliphatic carbocycles. The van der Waals surface area contributed by atoms with E-state index in [4.69, 9.17) is 0 Å². The molecule has 1 aliphatic heterocycles. The molecule has 0 radical (unpaired) electrons. The Morgan fingerprint density at radius 3 is 2.11 bits per heavy atom. The molecule has 0 aromatic heterocycles. The van der Waals surface area contributed by atoms with Gasteiger partial charge in [-0.25, -0.2) is 0 Å². The normalized spacial score (nSPS) is 36.4. The molecule has 1 heterocycles. The fourth-order valence-electron chi connectivity index (χ4n) is 3.19. The molecule has 0 aromatic rings. The van der Waals surface area contributed by atoms with Gasteiger partial charge in [0.2, 0.25) is 11.8 Å². The Morgan fingerprint density at radius 1 is 1.05 bits per heavy atom. The lowest BCUT2D eigenvalue weighted by atomic mass is 9.93. The molecule has 4 unspecified atom stereocenters. The first-order chi connectivity index (χ1) is 8.95. The number of carbonyl (C=O) groups is 3. The first-order valence-electron chi connectivity index (χ1n) is 7.05. The summed E-state index contributed by atoms with van der Waals surface area (Å²) >= 11 is 0. The maximum atomic E-state index is 12.2. The van der Waals surface area contributed by atoms with Gasteiger partial charge in [0.1, 0.15) is 0 Å². The standard InChI is InChI=1S/C14H21NO4/c1-8-9(2)13(17)15(12(8)16)11-7-5-3-4-6-10(11)14(18)19/h8-11H,3-7H2,1-2H3,(H,18,19). The summed E-state index contributed by atoms with van der Waals surface area (Å²) in [6, 6.07) is -0.451. The van der Waals surface area contributed by atoms with Crippen LogP contribution in [0.3, 0.4) is 0 Å². The van der Waals surface area contributed by atoms with Crippen molar-refractivity contribution in [2.24, 2.45) is 17.8 Å². The van der Waals surface area contributed by atoms with Crippen molar-refractivity contribution >= 4 is 17.8 Å². The average molecular weight is 267 g/mol. The maximum absolute atomic E-state index is 12.2. The molecular formula is C14H21NO4. The number of hydrogen-bond acceptors (Lipinski definition) is 3. The van der Waals surface area contributed by atoms with Crippen molar-refractivity contribution in [1.29, 1.82) is 0 Å². The molecule has 1 saturated heterocycles. The van der Waals surface area contributed by atoms with E-state index in [1.165, 1.54) is 4.90 Å². The highest BCUT2D eigenvalue weighted by Gasteiger charge is 2.48. The van der Waals surface area contributed by atoms with E-state index < -0.39 is 17.9 Å². The van der Waals surface area contributed by atoms with Crippen LogP contribution in [0.2, 0.25) is 0 Å². The van der Waals surface area contributed by atoms with E-state index in [9.17, 15) is 19.5 Å². The van der Waals surface area contributed by atoms with Gasteiger partial charge in [0, 0.05) is 11.8 Å². The molecule has 2 fully saturated rings. The summed E-state index contributed by atoms with van der Waals surface area (Å²) in [5, 5.41) is 9.35. The summed E-state index contributed by atoms with van der Waals surface area (Å²) in [5.41, 5.74) is 0. The van der Waals surface area contributed by atoms with E-state index in [0.29, 0.717) is 12.8 Å². The molecule has 2 rings (SSSR count). The van der Waals surface area contributed by atoms with Gasteiger partial charge >= 0.3 is 5.97 Å². The Balaban J connectivity index is 2.29. The summed E-state index contributed by atoms with van der Waals surface area (Å²) in [6.07, 6.45) is 3.89. The molecule has 2 aliphatic rings. The smallest absolute Gasteiger partial charge is 0.308 e. The number of carbonyl (C=O) groups excluding carboxylic acids is 2. The highest BCUT2D eigenvalue weighted by atomic mass is 16.4. The van der Waals surface area contributed by atoms with E-state index in [2.05, 4.69) is 0 Å². The van der Waals surface area contributed by atoms with Crippen LogP contribution in [0, 0.1) is 17.8 Å². The number of nitrogens with zero attached hydrogens (tertiary/aromatic N) is 1. The third kappa shape index (κ3) is 2.38. The highest BCUT2D eigenvalue weighted by molar-refractivity contribution is 6.05. The van der Waals surface area contributed by atoms with Gasteiger partial charge in [0.05, 0.1) is 12.0 Å². The van der Waals surface area contributed by atoms with Crippen LogP contribution >= 0.6 is 0 Å². The molecule has 5 nitrogen and oxygen atoms in total.